The number of carboxylic acid groups (broad SMARTS) is 1. The van der Waals surface area contributed by atoms with Crippen molar-refractivity contribution < 1.29 is 24.1 Å². The van der Waals surface area contributed by atoms with E-state index in [1.54, 1.807) is 24.9 Å². The molecule has 2 aliphatic rings. The minimum absolute atomic E-state index is 0.0454. The van der Waals surface area contributed by atoms with Crippen molar-refractivity contribution in [3.63, 3.8) is 0 Å². The zero-order valence-electron chi connectivity index (χ0n) is 20.0. The maximum atomic E-state index is 11.3. The maximum Gasteiger partial charge on any atom is 0.305 e. The number of piperidine rings is 1. The van der Waals surface area contributed by atoms with Gasteiger partial charge in [-0.25, -0.2) is 9.50 Å². The zero-order valence-corrected chi connectivity index (χ0v) is 20.0. The van der Waals surface area contributed by atoms with E-state index in [4.69, 9.17) is 14.2 Å². The van der Waals surface area contributed by atoms with Crippen LogP contribution >= 0.6 is 0 Å². The first-order valence-electron chi connectivity index (χ1n) is 12.0. The summed E-state index contributed by atoms with van der Waals surface area (Å²) in [6.45, 7) is 2.39. The summed E-state index contributed by atoms with van der Waals surface area (Å²) in [4.78, 5) is 20.2. The smallest absolute Gasteiger partial charge is 0.305 e. The lowest BCUT2D eigenvalue weighted by atomic mass is 10.1. The number of benzene rings is 1. The molecule has 0 unspecified atom stereocenters. The second-order valence-electron chi connectivity index (χ2n) is 9.06. The molecule has 1 N–H and O–H groups in total. The standard InChI is InChI=1S/C25H31N5O5/c1-33-21-13-18(14-24(31)32)29(16-21)17-3-5-19(6-4-17)35-20-7-10-28(11-8-20)22-15-23(34-2)27-30-12-9-26-25(22)30/h3-6,9,12,15,18,20-21H,7-8,10-11,13-14,16H2,1-2H3,(H,31,32)/t18-,21-/m1/s1. The summed E-state index contributed by atoms with van der Waals surface area (Å²) < 4.78 is 18.9. The molecule has 0 radical (unpaired) electrons. The molecule has 186 valence electrons. The molecule has 0 spiro atoms. The van der Waals surface area contributed by atoms with Crippen LogP contribution in [0.1, 0.15) is 25.7 Å². The number of ether oxygens (including phenoxy) is 3. The molecular formula is C25H31N5O5. The Labute approximate surface area is 204 Å². The van der Waals surface area contributed by atoms with E-state index in [-0.39, 0.29) is 24.7 Å². The molecule has 0 aliphatic carbocycles. The normalized spacial score (nSPS) is 21.0. The molecule has 2 aliphatic heterocycles. The number of hydrogen-bond donors (Lipinski definition) is 1. The van der Waals surface area contributed by atoms with Crippen molar-refractivity contribution in [2.75, 3.05) is 43.7 Å². The maximum absolute atomic E-state index is 11.3. The van der Waals surface area contributed by atoms with Crippen LogP contribution in [0.3, 0.4) is 0 Å². The number of fused-ring (bicyclic) bond motifs is 1. The molecule has 0 saturated carbocycles. The molecule has 2 atom stereocenters. The Hall–Kier alpha value is -3.53. The van der Waals surface area contributed by atoms with Crippen molar-refractivity contribution in [2.45, 2.75) is 43.9 Å². The summed E-state index contributed by atoms with van der Waals surface area (Å²) in [5.74, 6) is 0.594. The van der Waals surface area contributed by atoms with Crippen LogP contribution in [-0.4, -0.2) is 77.8 Å². The summed E-state index contributed by atoms with van der Waals surface area (Å²) in [7, 11) is 3.30. The number of aliphatic carboxylic acids is 1. The van der Waals surface area contributed by atoms with Gasteiger partial charge in [-0.2, -0.15) is 0 Å². The molecule has 3 aromatic rings. The number of imidazole rings is 1. The number of hydrogen-bond acceptors (Lipinski definition) is 8. The topological polar surface area (TPSA) is 102 Å². The highest BCUT2D eigenvalue weighted by Crippen LogP contribution is 2.32. The van der Waals surface area contributed by atoms with Gasteiger partial charge in [0.05, 0.1) is 25.3 Å². The van der Waals surface area contributed by atoms with Gasteiger partial charge in [-0.05, 0) is 30.7 Å². The zero-order chi connectivity index (χ0) is 24.4. The van der Waals surface area contributed by atoms with Crippen LogP contribution in [0.5, 0.6) is 11.6 Å². The SMILES string of the molecule is COc1cc(N2CCC(Oc3ccc(N4C[C@H](OC)C[C@@H]4CC(=O)O)cc3)CC2)c2nccn2n1. The lowest BCUT2D eigenvalue weighted by Crippen LogP contribution is -2.38. The Morgan fingerprint density at radius 2 is 1.91 bits per heavy atom. The van der Waals surface area contributed by atoms with Gasteiger partial charge in [0.2, 0.25) is 5.88 Å². The lowest BCUT2D eigenvalue weighted by molar-refractivity contribution is -0.137. The Bertz CT molecular complexity index is 1160. The van der Waals surface area contributed by atoms with Crippen LogP contribution in [-0.2, 0) is 9.53 Å². The minimum Gasteiger partial charge on any atom is -0.490 e. The summed E-state index contributed by atoms with van der Waals surface area (Å²) in [6.07, 6.45) is 6.33. The highest BCUT2D eigenvalue weighted by atomic mass is 16.5. The number of carbonyl (C=O) groups is 1. The minimum atomic E-state index is -0.790. The fourth-order valence-electron chi connectivity index (χ4n) is 5.09. The van der Waals surface area contributed by atoms with Gasteiger partial charge in [-0.3, -0.25) is 4.79 Å². The number of aromatic nitrogens is 3. The third-order valence-electron chi connectivity index (χ3n) is 6.90. The van der Waals surface area contributed by atoms with Gasteiger partial charge in [0.15, 0.2) is 5.65 Å². The molecule has 10 heteroatoms. The molecule has 0 amide bonds. The van der Waals surface area contributed by atoms with E-state index in [1.165, 1.54) is 0 Å². The van der Waals surface area contributed by atoms with Crippen LogP contribution in [0.2, 0.25) is 0 Å². The van der Waals surface area contributed by atoms with Gasteiger partial charge in [0, 0.05) is 69.8 Å². The molecule has 2 aromatic heterocycles. The molecule has 5 rings (SSSR count). The van der Waals surface area contributed by atoms with E-state index >= 15 is 0 Å². The average Bonchev–Trinajstić information content (AvgIpc) is 3.51. The highest BCUT2D eigenvalue weighted by Gasteiger charge is 2.33. The number of nitrogens with zero attached hydrogens (tertiary/aromatic N) is 5. The number of anilines is 2. The summed E-state index contributed by atoms with van der Waals surface area (Å²) in [5.41, 5.74) is 2.83. The van der Waals surface area contributed by atoms with Crippen LogP contribution in [0, 0.1) is 0 Å². The average molecular weight is 482 g/mol. The first-order chi connectivity index (χ1) is 17.0. The molecule has 2 fully saturated rings. The number of rotatable bonds is 8. The molecule has 2 saturated heterocycles. The second-order valence-corrected chi connectivity index (χ2v) is 9.06. The van der Waals surface area contributed by atoms with Crippen molar-refractivity contribution in [1.82, 2.24) is 14.6 Å². The fourth-order valence-corrected chi connectivity index (χ4v) is 5.09. The van der Waals surface area contributed by atoms with Crippen molar-refractivity contribution >= 4 is 23.0 Å². The summed E-state index contributed by atoms with van der Waals surface area (Å²) in [6, 6.07) is 9.84. The van der Waals surface area contributed by atoms with Crippen molar-refractivity contribution in [3.8, 4) is 11.6 Å². The Kier molecular flexibility index (Phi) is 6.63. The summed E-state index contributed by atoms with van der Waals surface area (Å²) >= 11 is 0. The predicted octanol–water partition coefficient (Wildman–Crippen LogP) is 2.85. The van der Waals surface area contributed by atoms with E-state index in [2.05, 4.69) is 19.9 Å². The van der Waals surface area contributed by atoms with Crippen LogP contribution in [0.25, 0.3) is 5.65 Å². The second kappa shape index (κ2) is 9.99. The first-order valence-corrected chi connectivity index (χ1v) is 12.0. The van der Waals surface area contributed by atoms with Crippen LogP contribution in [0.15, 0.2) is 42.7 Å². The molecule has 0 bridgehead atoms. The van der Waals surface area contributed by atoms with Crippen molar-refractivity contribution in [3.05, 3.63) is 42.7 Å². The number of methoxy groups -OCH3 is 2. The molecule has 10 nitrogen and oxygen atoms in total. The quantitative estimate of drug-likeness (QED) is 0.520. The molecule has 4 heterocycles. The van der Waals surface area contributed by atoms with Crippen molar-refractivity contribution in [1.29, 1.82) is 0 Å². The Morgan fingerprint density at radius 1 is 1.14 bits per heavy atom. The molecular weight excluding hydrogens is 450 g/mol. The van der Waals surface area contributed by atoms with E-state index < -0.39 is 5.97 Å². The van der Waals surface area contributed by atoms with Gasteiger partial charge in [0.25, 0.3) is 0 Å². The largest absolute Gasteiger partial charge is 0.490 e. The van der Waals surface area contributed by atoms with E-state index in [1.807, 2.05) is 36.5 Å². The third kappa shape index (κ3) is 4.97. The van der Waals surface area contributed by atoms with Crippen molar-refractivity contribution in [2.24, 2.45) is 0 Å². The Morgan fingerprint density at radius 3 is 2.60 bits per heavy atom. The number of carboxylic acids is 1. The van der Waals surface area contributed by atoms with Gasteiger partial charge in [0.1, 0.15) is 11.9 Å². The highest BCUT2D eigenvalue weighted by molar-refractivity contribution is 5.70. The van der Waals surface area contributed by atoms with E-state index in [0.29, 0.717) is 18.8 Å². The van der Waals surface area contributed by atoms with Gasteiger partial charge < -0.3 is 29.1 Å². The molecule has 35 heavy (non-hydrogen) atoms. The monoisotopic (exact) mass is 481 g/mol. The summed E-state index contributed by atoms with van der Waals surface area (Å²) in [5, 5.41) is 13.7. The van der Waals surface area contributed by atoms with Gasteiger partial charge in [-0.15, -0.1) is 5.10 Å². The van der Waals surface area contributed by atoms with Crippen LogP contribution < -0.4 is 19.3 Å². The van der Waals surface area contributed by atoms with E-state index in [0.717, 1.165) is 48.7 Å². The molecule has 1 aromatic carbocycles. The van der Waals surface area contributed by atoms with Crippen LogP contribution in [0.4, 0.5) is 11.4 Å². The third-order valence-corrected chi connectivity index (χ3v) is 6.90. The van der Waals surface area contributed by atoms with E-state index in [9.17, 15) is 9.90 Å². The Balaban J connectivity index is 1.20. The fraction of sp³-hybridized carbons (Fsp3) is 0.480. The first kappa shape index (κ1) is 23.2. The van der Waals surface area contributed by atoms with Gasteiger partial charge >= 0.3 is 5.97 Å². The van der Waals surface area contributed by atoms with Gasteiger partial charge in [-0.1, -0.05) is 0 Å². The lowest BCUT2D eigenvalue weighted by Gasteiger charge is -2.34. The predicted molar refractivity (Wildman–Crippen MR) is 131 cm³/mol.